The zero-order valence-electron chi connectivity index (χ0n) is 21.9. The highest BCUT2D eigenvalue weighted by Crippen LogP contribution is 2.60. The van der Waals surface area contributed by atoms with Gasteiger partial charge < -0.3 is 5.32 Å². The van der Waals surface area contributed by atoms with E-state index in [1.54, 1.807) is 0 Å². The summed E-state index contributed by atoms with van der Waals surface area (Å²) in [6.07, 6.45) is 19.6. The summed E-state index contributed by atoms with van der Waals surface area (Å²) < 4.78 is 0. The van der Waals surface area contributed by atoms with Gasteiger partial charge in [-0.2, -0.15) is 0 Å². The Morgan fingerprint density at radius 1 is 0.919 bits per heavy atom. The number of unbranched alkanes of at least 4 members (excludes halogenated alkanes) is 1. The standard InChI is InChI=1S/C36H35N/c1-4-6-8-12-17-30-24-36(27(3)31(30)18-7-5-2)34-20-14-13-19-32(34)33-22-21-29(23-35(33)36)26-37-25-28-15-10-9-11-16-28/h2,7-23,37H,4,6,24-26H2,1,3H3/b12-8-,18-7-,30-17+. The van der Waals surface area contributed by atoms with Gasteiger partial charge in [-0.05, 0) is 76.4 Å². The van der Waals surface area contributed by atoms with Gasteiger partial charge in [0.05, 0.1) is 0 Å². The average Bonchev–Trinajstić information content (AvgIpc) is 3.37. The molecular formula is C36H35N. The fourth-order valence-corrected chi connectivity index (χ4v) is 6.01. The van der Waals surface area contributed by atoms with Gasteiger partial charge in [-0.25, -0.2) is 0 Å². The Morgan fingerprint density at radius 3 is 2.49 bits per heavy atom. The van der Waals surface area contributed by atoms with Crippen molar-refractivity contribution in [3.63, 3.8) is 0 Å². The Kier molecular flexibility index (Phi) is 7.40. The predicted molar refractivity (Wildman–Crippen MR) is 157 cm³/mol. The van der Waals surface area contributed by atoms with E-state index in [4.69, 9.17) is 6.42 Å². The van der Waals surface area contributed by atoms with E-state index in [0.717, 1.165) is 32.4 Å². The van der Waals surface area contributed by atoms with Gasteiger partial charge in [-0.3, -0.25) is 0 Å². The second-order valence-corrected chi connectivity index (χ2v) is 10.0. The van der Waals surface area contributed by atoms with E-state index in [2.05, 4.69) is 122 Å². The fourth-order valence-electron chi connectivity index (χ4n) is 6.01. The molecule has 2 aliphatic rings. The maximum atomic E-state index is 5.64. The van der Waals surface area contributed by atoms with Gasteiger partial charge >= 0.3 is 0 Å². The Morgan fingerprint density at radius 2 is 1.68 bits per heavy atom. The summed E-state index contributed by atoms with van der Waals surface area (Å²) in [4.78, 5) is 0. The molecule has 1 nitrogen and oxygen atoms in total. The molecule has 0 saturated carbocycles. The number of hydrogen-bond donors (Lipinski definition) is 1. The summed E-state index contributed by atoms with van der Waals surface area (Å²) in [5.41, 5.74) is 12.0. The lowest BCUT2D eigenvalue weighted by atomic mass is 9.72. The van der Waals surface area contributed by atoms with Gasteiger partial charge in [0.2, 0.25) is 0 Å². The van der Waals surface area contributed by atoms with Gasteiger partial charge in [-0.15, -0.1) is 6.42 Å². The molecule has 5 rings (SSSR count). The predicted octanol–water partition coefficient (Wildman–Crippen LogP) is 8.44. The van der Waals surface area contributed by atoms with E-state index in [1.165, 1.54) is 50.1 Å². The van der Waals surface area contributed by atoms with Crippen LogP contribution in [0.15, 0.2) is 120 Å². The normalized spacial score (nSPS) is 19.3. The summed E-state index contributed by atoms with van der Waals surface area (Å²) in [5.74, 6) is 2.71. The minimum atomic E-state index is -0.167. The molecule has 184 valence electrons. The highest BCUT2D eigenvalue weighted by atomic mass is 14.8. The van der Waals surface area contributed by atoms with Gasteiger partial charge in [-0.1, -0.05) is 116 Å². The van der Waals surface area contributed by atoms with E-state index in [0.29, 0.717) is 0 Å². The average molecular weight is 482 g/mol. The molecule has 3 aromatic rings. The van der Waals surface area contributed by atoms with Crippen LogP contribution in [0.25, 0.3) is 11.1 Å². The molecule has 0 saturated heterocycles. The molecule has 1 heteroatoms. The SMILES string of the molecule is C#C/C=C\C1=C(C)C2(C/C1=C\C=C/CCC)c1ccccc1-c1ccc(CNCc3ccccc3)cc12. The second-order valence-electron chi connectivity index (χ2n) is 10.0. The molecule has 3 aromatic carbocycles. The molecule has 0 fully saturated rings. The van der Waals surface area contributed by atoms with Crippen molar-refractivity contribution in [1.29, 1.82) is 0 Å². The quantitative estimate of drug-likeness (QED) is 0.318. The zero-order valence-corrected chi connectivity index (χ0v) is 21.9. The number of allylic oxidation sites excluding steroid dienone is 8. The van der Waals surface area contributed by atoms with E-state index in [-0.39, 0.29) is 5.41 Å². The van der Waals surface area contributed by atoms with Crippen LogP contribution in [-0.4, -0.2) is 0 Å². The molecule has 0 bridgehead atoms. The first-order valence-electron chi connectivity index (χ1n) is 13.4. The Labute approximate surface area is 222 Å². The van der Waals surface area contributed by atoms with Gasteiger partial charge in [0, 0.05) is 18.5 Å². The number of nitrogens with one attached hydrogen (secondary N) is 1. The lowest BCUT2D eigenvalue weighted by Crippen LogP contribution is -2.24. The van der Waals surface area contributed by atoms with Crippen LogP contribution in [0, 0.1) is 12.3 Å². The molecule has 1 atom stereocenters. The van der Waals surface area contributed by atoms with Crippen molar-refractivity contribution in [2.45, 2.75) is 51.6 Å². The third-order valence-electron chi connectivity index (χ3n) is 7.80. The molecule has 0 amide bonds. The van der Waals surface area contributed by atoms with Crippen LogP contribution >= 0.6 is 0 Å². The van der Waals surface area contributed by atoms with Gasteiger partial charge in [0.25, 0.3) is 0 Å². The summed E-state index contributed by atoms with van der Waals surface area (Å²) >= 11 is 0. The molecule has 0 radical (unpaired) electrons. The number of rotatable bonds is 8. The van der Waals surface area contributed by atoms with Crippen LogP contribution in [0.2, 0.25) is 0 Å². The van der Waals surface area contributed by atoms with Crippen LogP contribution in [0.5, 0.6) is 0 Å². The summed E-state index contributed by atoms with van der Waals surface area (Å²) in [6, 6.07) is 26.6. The summed E-state index contributed by atoms with van der Waals surface area (Å²) in [7, 11) is 0. The van der Waals surface area contributed by atoms with E-state index in [1.807, 2.05) is 6.08 Å². The first-order chi connectivity index (χ1) is 18.2. The molecule has 1 N–H and O–H groups in total. The molecule has 0 aromatic heterocycles. The van der Waals surface area contributed by atoms with Crippen molar-refractivity contribution in [3.8, 4) is 23.5 Å². The Hall–Kier alpha value is -3.86. The van der Waals surface area contributed by atoms with Crippen molar-refractivity contribution in [3.05, 3.63) is 142 Å². The highest BCUT2D eigenvalue weighted by molar-refractivity contribution is 5.85. The van der Waals surface area contributed by atoms with E-state index < -0.39 is 0 Å². The monoisotopic (exact) mass is 481 g/mol. The van der Waals surface area contributed by atoms with Crippen LogP contribution < -0.4 is 5.32 Å². The summed E-state index contributed by atoms with van der Waals surface area (Å²) in [5, 5.41) is 3.64. The van der Waals surface area contributed by atoms with Crippen LogP contribution in [0.4, 0.5) is 0 Å². The van der Waals surface area contributed by atoms with Gasteiger partial charge in [0.15, 0.2) is 0 Å². The number of fused-ring (bicyclic) bond motifs is 5. The molecule has 2 aliphatic carbocycles. The molecule has 0 heterocycles. The Balaban J connectivity index is 1.56. The van der Waals surface area contributed by atoms with Gasteiger partial charge in [0.1, 0.15) is 0 Å². The third-order valence-corrected chi connectivity index (χ3v) is 7.80. The minimum Gasteiger partial charge on any atom is -0.309 e. The Bertz CT molecular complexity index is 1440. The van der Waals surface area contributed by atoms with Crippen molar-refractivity contribution in [2.75, 3.05) is 0 Å². The zero-order chi connectivity index (χ0) is 25.7. The fraction of sp³-hybridized carbons (Fsp3) is 0.222. The van der Waals surface area contributed by atoms with E-state index >= 15 is 0 Å². The molecule has 37 heavy (non-hydrogen) atoms. The molecule has 1 spiro atoms. The van der Waals surface area contributed by atoms with Crippen molar-refractivity contribution in [1.82, 2.24) is 5.32 Å². The first kappa shape index (κ1) is 24.8. The lowest BCUT2D eigenvalue weighted by Gasteiger charge is -2.29. The first-order valence-corrected chi connectivity index (χ1v) is 13.4. The van der Waals surface area contributed by atoms with E-state index in [9.17, 15) is 0 Å². The largest absolute Gasteiger partial charge is 0.309 e. The number of hydrogen-bond acceptors (Lipinski definition) is 1. The smallest absolute Gasteiger partial charge is 0.0470 e. The minimum absolute atomic E-state index is 0.167. The lowest BCUT2D eigenvalue weighted by molar-refractivity contribution is 0.641. The topological polar surface area (TPSA) is 12.0 Å². The third kappa shape index (κ3) is 4.66. The molecule has 1 unspecified atom stereocenters. The maximum absolute atomic E-state index is 5.64. The van der Waals surface area contributed by atoms with Crippen molar-refractivity contribution in [2.24, 2.45) is 0 Å². The summed E-state index contributed by atoms with van der Waals surface area (Å²) in [6.45, 7) is 6.22. The van der Waals surface area contributed by atoms with Crippen molar-refractivity contribution < 1.29 is 0 Å². The maximum Gasteiger partial charge on any atom is 0.0470 e. The van der Waals surface area contributed by atoms with Crippen molar-refractivity contribution >= 4 is 0 Å². The number of benzene rings is 3. The number of terminal acetylenes is 1. The molecule has 0 aliphatic heterocycles. The molecular weight excluding hydrogens is 446 g/mol. The highest BCUT2D eigenvalue weighted by Gasteiger charge is 2.49. The van der Waals surface area contributed by atoms with Crippen LogP contribution in [-0.2, 0) is 18.5 Å². The van der Waals surface area contributed by atoms with Crippen LogP contribution in [0.3, 0.4) is 0 Å². The van der Waals surface area contributed by atoms with Crippen LogP contribution in [0.1, 0.15) is 55.4 Å². The second kappa shape index (κ2) is 11.0.